The van der Waals surface area contributed by atoms with Crippen molar-refractivity contribution < 1.29 is 14.3 Å². The Morgan fingerprint density at radius 3 is 2.44 bits per heavy atom. The van der Waals surface area contributed by atoms with E-state index in [2.05, 4.69) is 24.5 Å². The van der Waals surface area contributed by atoms with Gasteiger partial charge in [-0.05, 0) is 48.7 Å². The molecule has 2 aromatic carbocycles. The summed E-state index contributed by atoms with van der Waals surface area (Å²) in [4.78, 5) is 23.9. The van der Waals surface area contributed by atoms with Gasteiger partial charge in [-0.15, -0.1) is 0 Å². The van der Waals surface area contributed by atoms with E-state index in [1.54, 1.807) is 24.3 Å². The monoisotopic (exact) mass is 340 g/mol. The smallest absolute Gasteiger partial charge is 0.262 e. The highest BCUT2D eigenvalue weighted by Crippen LogP contribution is 2.18. The molecule has 2 aromatic rings. The Morgan fingerprint density at radius 2 is 1.80 bits per heavy atom. The van der Waals surface area contributed by atoms with Gasteiger partial charge in [0.05, 0.1) is 0 Å². The predicted molar refractivity (Wildman–Crippen MR) is 99.1 cm³/mol. The highest BCUT2D eigenvalue weighted by Gasteiger charge is 2.08. The highest BCUT2D eigenvalue weighted by atomic mass is 16.5. The lowest BCUT2D eigenvalue weighted by molar-refractivity contribution is -0.118. The Balaban J connectivity index is 1.89. The molecule has 132 valence electrons. The highest BCUT2D eigenvalue weighted by molar-refractivity contribution is 5.97. The number of carbonyl (C=O) groups excluding carboxylic acids is 2. The zero-order chi connectivity index (χ0) is 18.2. The second kappa shape index (κ2) is 8.87. The van der Waals surface area contributed by atoms with Gasteiger partial charge in [0.2, 0.25) is 0 Å². The number of nitrogens with one attached hydrogen (secondary N) is 2. The maximum Gasteiger partial charge on any atom is 0.262 e. The lowest BCUT2D eigenvalue weighted by Gasteiger charge is -2.10. The SMILES string of the molecule is CCNC(=O)c1cccc(NC(=O)COc2ccc(C(C)C)cc2)c1. The minimum absolute atomic E-state index is 0.0909. The average Bonchev–Trinajstić information content (AvgIpc) is 2.61. The van der Waals surface area contributed by atoms with Gasteiger partial charge in [-0.1, -0.05) is 32.0 Å². The van der Waals surface area contributed by atoms with Crippen LogP contribution in [0.2, 0.25) is 0 Å². The molecule has 0 fully saturated rings. The van der Waals surface area contributed by atoms with Gasteiger partial charge in [-0.2, -0.15) is 0 Å². The lowest BCUT2D eigenvalue weighted by Crippen LogP contribution is -2.23. The molecule has 0 radical (unpaired) electrons. The number of ether oxygens (including phenoxy) is 1. The van der Waals surface area contributed by atoms with Gasteiger partial charge in [0.1, 0.15) is 5.75 Å². The summed E-state index contributed by atoms with van der Waals surface area (Å²) in [5, 5.41) is 5.46. The van der Waals surface area contributed by atoms with Crippen molar-refractivity contribution in [1.82, 2.24) is 5.32 Å². The molecular formula is C20H24N2O3. The molecule has 0 saturated heterocycles. The number of benzene rings is 2. The molecule has 5 heteroatoms. The fourth-order valence-electron chi connectivity index (χ4n) is 2.30. The molecular weight excluding hydrogens is 316 g/mol. The van der Waals surface area contributed by atoms with Crippen molar-refractivity contribution in [2.75, 3.05) is 18.5 Å². The normalized spacial score (nSPS) is 10.4. The van der Waals surface area contributed by atoms with Crippen molar-refractivity contribution in [2.45, 2.75) is 26.7 Å². The molecule has 2 amide bonds. The summed E-state index contributed by atoms with van der Waals surface area (Å²) in [5.41, 5.74) is 2.29. The third-order valence-electron chi connectivity index (χ3n) is 3.66. The standard InChI is InChI=1S/C20H24N2O3/c1-4-21-20(24)16-6-5-7-17(12-16)22-19(23)13-25-18-10-8-15(9-11-18)14(2)3/h5-12,14H,4,13H2,1-3H3,(H,21,24)(H,22,23). The first-order valence-electron chi connectivity index (χ1n) is 8.40. The minimum atomic E-state index is -0.277. The molecule has 0 unspecified atom stereocenters. The molecule has 0 aliphatic carbocycles. The van der Waals surface area contributed by atoms with Crippen molar-refractivity contribution >= 4 is 17.5 Å². The first-order chi connectivity index (χ1) is 12.0. The molecule has 0 atom stereocenters. The zero-order valence-corrected chi connectivity index (χ0v) is 14.8. The minimum Gasteiger partial charge on any atom is -0.484 e. The van der Waals surface area contributed by atoms with Gasteiger partial charge in [0.25, 0.3) is 11.8 Å². The van der Waals surface area contributed by atoms with Gasteiger partial charge in [-0.25, -0.2) is 0 Å². The van der Waals surface area contributed by atoms with Crippen LogP contribution in [0.3, 0.4) is 0 Å². The fourth-order valence-corrected chi connectivity index (χ4v) is 2.30. The van der Waals surface area contributed by atoms with Gasteiger partial charge in [0.15, 0.2) is 6.61 Å². The molecule has 0 aromatic heterocycles. The number of amides is 2. The number of hydrogen-bond acceptors (Lipinski definition) is 3. The van der Waals surface area contributed by atoms with Crippen LogP contribution in [0, 0.1) is 0 Å². The largest absolute Gasteiger partial charge is 0.484 e. The molecule has 25 heavy (non-hydrogen) atoms. The molecule has 2 rings (SSSR count). The molecule has 0 aliphatic rings. The lowest BCUT2D eigenvalue weighted by atomic mass is 10.0. The average molecular weight is 340 g/mol. The van der Waals surface area contributed by atoms with E-state index in [9.17, 15) is 9.59 Å². The predicted octanol–water partition coefficient (Wildman–Crippen LogP) is 3.58. The van der Waals surface area contributed by atoms with Gasteiger partial charge >= 0.3 is 0 Å². The van der Waals surface area contributed by atoms with Crippen LogP contribution in [0.5, 0.6) is 5.75 Å². The molecule has 0 aliphatic heterocycles. The van der Waals surface area contributed by atoms with Gasteiger partial charge in [0, 0.05) is 17.8 Å². The topological polar surface area (TPSA) is 67.4 Å². The number of hydrogen-bond donors (Lipinski definition) is 2. The summed E-state index contributed by atoms with van der Waals surface area (Å²) in [6, 6.07) is 14.5. The van der Waals surface area contributed by atoms with Crippen molar-refractivity contribution in [2.24, 2.45) is 0 Å². The van der Waals surface area contributed by atoms with Crippen LogP contribution in [-0.2, 0) is 4.79 Å². The van der Waals surface area contributed by atoms with Crippen molar-refractivity contribution in [3.63, 3.8) is 0 Å². The van der Waals surface area contributed by atoms with Crippen LogP contribution in [0.1, 0.15) is 42.6 Å². The Labute approximate surface area is 148 Å². The van der Waals surface area contributed by atoms with Crippen LogP contribution in [0.15, 0.2) is 48.5 Å². The molecule has 5 nitrogen and oxygen atoms in total. The van der Waals surface area contributed by atoms with Crippen molar-refractivity contribution in [1.29, 1.82) is 0 Å². The van der Waals surface area contributed by atoms with Gasteiger partial charge in [-0.3, -0.25) is 9.59 Å². The maximum atomic E-state index is 12.0. The summed E-state index contributed by atoms with van der Waals surface area (Å²) in [6.45, 7) is 6.57. The first-order valence-corrected chi connectivity index (χ1v) is 8.40. The van der Waals surface area contributed by atoms with E-state index < -0.39 is 0 Å². The van der Waals surface area contributed by atoms with E-state index in [4.69, 9.17) is 4.74 Å². The second-order valence-corrected chi connectivity index (χ2v) is 6.00. The van der Waals surface area contributed by atoms with Crippen LogP contribution in [-0.4, -0.2) is 25.0 Å². The molecule has 0 bridgehead atoms. The van der Waals surface area contributed by atoms with E-state index in [1.807, 2.05) is 31.2 Å². The van der Waals surface area contributed by atoms with E-state index in [-0.39, 0.29) is 18.4 Å². The van der Waals surface area contributed by atoms with E-state index in [1.165, 1.54) is 5.56 Å². The molecule has 0 saturated carbocycles. The summed E-state index contributed by atoms with van der Waals surface area (Å²) < 4.78 is 5.50. The van der Waals surface area contributed by atoms with Crippen LogP contribution in [0.25, 0.3) is 0 Å². The summed E-state index contributed by atoms with van der Waals surface area (Å²) >= 11 is 0. The maximum absolute atomic E-state index is 12.0. The molecule has 0 spiro atoms. The van der Waals surface area contributed by atoms with E-state index in [0.717, 1.165) is 0 Å². The zero-order valence-electron chi connectivity index (χ0n) is 14.8. The van der Waals surface area contributed by atoms with E-state index in [0.29, 0.717) is 29.5 Å². The second-order valence-electron chi connectivity index (χ2n) is 6.00. The molecule has 0 heterocycles. The number of carbonyl (C=O) groups is 2. The Morgan fingerprint density at radius 1 is 1.08 bits per heavy atom. The fraction of sp³-hybridized carbons (Fsp3) is 0.300. The first kappa shape index (κ1) is 18.5. The third-order valence-corrected chi connectivity index (χ3v) is 3.66. The number of anilines is 1. The van der Waals surface area contributed by atoms with Crippen LogP contribution in [0.4, 0.5) is 5.69 Å². The Hall–Kier alpha value is -2.82. The van der Waals surface area contributed by atoms with Crippen molar-refractivity contribution in [3.8, 4) is 5.75 Å². The summed E-state index contributed by atoms with van der Waals surface area (Å²) in [6.07, 6.45) is 0. The van der Waals surface area contributed by atoms with Crippen LogP contribution >= 0.6 is 0 Å². The van der Waals surface area contributed by atoms with E-state index >= 15 is 0 Å². The summed E-state index contributed by atoms with van der Waals surface area (Å²) in [5.74, 6) is 0.659. The van der Waals surface area contributed by atoms with Gasteiger partial charge < -0.3 is 15.4 Å². The van der Waals surface area contributed by atoms with Crippen LogP contribution < -0.4 is 15.4 Å². The molecule has 2 N–H and O–H groups in total. The third kappa shape index (κ3) is 5.64. The number of rotatable bonds is 7. The quantitative estimate of drug-likeness (QED) is 0.809. The Kier molecular flexibility index (Phi) is 6.57. The Bertz CT molecular complexity index is 724. The summed E-state index contributed by atoms with van der Waals surface area (Å²) in [7, 11) is 0. The van der Waals surface area contributed by atoms with Crippen molar-refractivity contribution in [3.05, 3.63) is 59.7 Å².